The Kier molecular flexibility index (Phi) is 5.93. The van der Waals surface area contributed by atoms with E-state index in [0.717, 1.165) is 5.75 Å². The molecule has 142 valence electrons. The predicted octanol–water partition coefficient (Wildman–Crippen LogP) is 4.02. The third-order valence-corrected chi connectivity index (χ3v) is 6.20. The molecular weight excluding hydrogens is 404 g/mol. The fourth-order valence-electron chi connectivity index (χ4n) is 2.66. The first kappa shape index (κ1) is 19.9. The SMILES string of the molecule is C[C@H]1CSC(N(C(=O)c2ccc(CS(C)(=O)=O)cc2)c2ccc(Cl)cc2)=N1. The molecule has 0 N–H and O–H groups in total. The number of carbonyl (C=O) groups excluding carboxylic acids is 1. The number of amides is 1. The van der Waals surface area contributed by atoms with Crippen molar-refractivity contribution in [2.75, 3.05) is 16.9 Å². The first-order valence-corrected chi connectivity index (χ1v) is 11.7. The number of aliphatic imine (C=N–C) groups is 1. The minimum atomic E-state index is -3.12. The number of halogens is 1. The average molecular weight is 423 g/mol. The summed E-state index contributed by atoms with van der Waals surface area (Å²) in [6, 6.07) is 13.8. The maximum Gasteiger partial charge on any atom is 0.264 e. The summed E-state index contributed by atoms with van der Waals surface area (Å²) in [5, 5.41) is 1.24. The topological polar surface area (TPSA) is 66.8 Å². The zero-order valence-electron chi connectivity index (χ0n) is 14.9. The number of anilines is 1. The molecule has 0 unspecified atom stereocenters. The van der Waals surface area contributed by atoms with Gasteiger partial charge in [0.05, 0.1) is 17.5 Å². The largest absolute Gasteiger partial charge is 0.268 e. The summed E-state index contributed by atoms with van der Waals surface area (Å²) < 4.78 is 22.9. The second-order valence-corrected chi connectivity index (χ2v) is 10.0. The van der Waals surface area contributed by atoms with Crippen molar-refractivity contribution < 1.29 is 13.2 Å². The molecule has 1 atom stereocenters. The third-order valence-electron chi connectivity index (χ3n) is 3.89. The second-order valence-electron chi connectivity index (χ2n) is 6.46. The van der Waals surface area contributed by atoms with Gasteiger partial charge in [0.2, 0.25) is 0 Å². The fourth-order valence-corrected chi connectivity index (χ4v) is 4.62. The zero-order valence-corrected chi connectivity index (χ0v) is 17.3. The summed E-state index contributed by atoms with van der Waals surface area (Å²) in [5.74, 6) is 0.547. The van der Waals surface area contributed by atoms with Gasteiger partial charge in [-0.3, -0.25) is 14.7 Å². The average Bonchev–Trinajstić information content (AvgIpc) is 3.02. The third kappa shape index (κ3) is 5.12. The van der Waals surface area contributed by atoms with Crippen molar-refractivity contribution in [1.29, 1.82) is 0 Å². The minimum absolute atomic E-state index is 0.0531. The van der Waals surface area contributed by atoms with Crippen molar-refractivity contribution in [2.24, 2.45) is 4.99 Å². The summed E-state index contributed by atoms with van der Waals surface area (Å²) in [6.45, 7) is 2.00. The molecule has 2 aromatic rings. The van der Waals surface area contributed by atoms with E-state index >= 15 is 0 Å². The van der Waals surface area contributed by atoms with Crippen LogP contribution < -0.4 is 4.90 Å². The Morgan fingerprint density at radius 1 is 1.19 bits per heavy atom. The lowest BCUT2D eigenvalue weighted by Crippen LogP contribution is -2.34. The molecule has 8 heteroatoms. The molecule has 5 nitrogen and oxygen atoms in total. The van der Waals surface area contributed by atoms with Gasteiger partial charge in [-0.2, -0.15) is 0 Å². The van der Waals surface area contributed by atoms with Gasteiger partial charge < -0.3 is 0 Å². The summed E-state index contributed by atoms with van der Waals surface area (Å²) >= 11 is 7.51. The van der Waals surface area contributed by atoms with Crippen LogP contribution in [0.25, 0.3) is 0 Å². The van der Waals surface area contributed by atoms with E-state index in [4.69, 9.17) is 11.6 Å². The molecular formula is C19H19ClN2O3S2. The first-order chi connectivity index (χ1) is 12.7. The molecule has 0 spiro atoms. The molecule has 27 heavy (non-hydrogen) atoms. The molecule has 0 saturated carbocycles. The Morgan fingerprint density at radius 2 is 1.81 bits per heavy atom. The van der Waals surface area contributed by atoms with Gasteiger partial charge >= 0.3 is 0 Å². The van der Waals surface area contributed by atoms with Crippen LogP contribution in [0.5, 0.6) is 0 Å². The van der Waals surface area contributed by atoms with E-state index in [1.165, 1.54) is 18.0 Å². The lowest BCUT2D eigenvalue weighted by atomic mass is 10.1. The predicted molar refractivity (Wildman–Crippen MR) is 113 cm³/mol. The van der Waals surface area contributed by atoms with Crippen molar-refractivity contribution >= 4 is 50.0 Å². The van der Waals surface area contributed by atoms with E-state index in [1.807, 2.05) is 6.92 Å². The number of nitrogens with zero attached hydrogens (tertiary/aromatic N) is 2. The number of sulfone groups is 1. The van der Waals surface area contributed by atoms with Gasteiger partial charge in [-0.25, -0.2) is 8.42 Å². The number of amidine groups is 1. The highest BCUT2D eigenvalue weighted by molar-refractivity contribution is 8.14. The van der Waals surface area contributed by atoms with Crippen LogP contribution in [0.4, 0.5) is 5.69 Å². The smallest absolute Gasteiger partial charge is 0.264 e. The summed E-state index contributed by atoms with van der Waals surface area (Å²) in [6.07, 6.45) is 1.19. The van der Waals surface area contributed by atoms with Gasteiger partial charge in [0.25, 0.3) is 5.91 Å². The lowest BCUT2D eigenvalue weighted by Gasteiger charge is -2.22. The Hall–Kier alpha value is -1.83. The molecule has 0 fully saturated rings. The van der Waals surface area contributed by atoms with Crippen molar-refractivity contribution in [3.8, 4) is 0 Å². The van der Waals surface area contributed by atoms with Crippen LogP contribution in [0.1, 0.15) is 22.8 Å². The van der Waals surface area contributed by atoms with Crippen molar-refractivity contribution in [3.05, 3.63) is 64.7 Å². The fraction of sp³-hybridized carbons (Fsp3) is 0.263. The molecule has 0 aromatic heterocycles. The van der Waals surface area contributed by atoms with Crippen LogP contribution in [0.2, 0.25) is 5.02 Å². The summed E-state index contributed by atoms with van der Waals surface area (Å²) in [5.41, 5.74) is 1.79. The molecule has 1 aliphatic heterocycles. The number of carbonyl (C=O) groups is 1. The highest BCUT2D eigenvalue weighted by atomic mass is 35.5. The normalized spacial score (nSPS) is 16.9. The maximum absolute atomic E-state index is 13.2. The van der Waals surface area contributed by atoms with Crippen LogP contribution in [0.3, 0.4) is 0 Å². The van der Waals surface area contributed by atoms with Crippen molar-refractivity contribution in [3.63, 3.8) is 0 Å². The van der Waals surface area contributed by atoms with Crippen LogP contribution in [0, 0.1) is 0 Å². The van der Waals surface area contributed by atoms with E-state index in [2.05, 4.69) is 4.99 Å². The standard InChI is InChI=1S/C19H19ClN2O3S2/c1-13-11-26-19(21-13)22(17-9-7-16(20)8-10-17)18(23)15-5-3-14(4-6-15)12-27(2,24)25/h3-10,13H,11-12H2,1-2H3/t13-/m0/s1. The molecule has 1 aliphatic rings. The molecule has 0 aliphatic carbocycles. The van der Waals surface area contributed by atoms with E-state index in [9.17, 15) is 13.2 Å². The molecule has 1 amide bonds. The van der Waals surface area contributed by atoms with Gasteiger partial charge in [0, 0.05) is 22.6 Å². The van der Waals surface area contributed by atoms with E-state index in [1.54, 1.807) is 53.4 Å². The molecule has 0 saturated heterocycles. The highest BCUT2D eigenvalue weighted by Crippen LogP contribution is 2.28. The lowest BCUT2D eigenvalue weighted by molar-refractivity contribution is 0.100. The first-order valence-electron chi connectivity index (χ1n) is 8.30. The quantitative estimate of drug-likeness (QED) is 0.746. The Balaban J connectivity index is 1.93. The van der Waals surface area contributed by atoms with Gasteiger partial charge in [0.1, 0.15) is 0 Å². The van der Waals surface area contributed by atoms with Gasteiger partial charge in [-0.1, -0.05) is 35.5 Å². The number of benzene rings is 2. The molecule has 2 aromatic carbocycles. The zero-order chi connectivity index (χ0) is 19.6. The second kappa shape index (κ2) is 8.04. The van der Waals surface area contributed by atoms with Gasteiger partial charge in [-0.15, -0.1) is 0 Å². The summed E-state index contributed by atoms with van der Waals surface area (Å²) in [7, 11) is -3.12. The number of rotatable bonds is 4. The summed E-state index contributed by atoms with van der Waals surface area (Å²) in [4.78, 5) is 19.4. The van der Waals surface area contributed by atoms with Crippen LogP contribution in [0.15, 0.2) is 53.5 Å². The Labute approximate surface area is 168 Å². The van der Waals surface area contributed by atoms with Gasteiger partial charge in [-0.05, 0) is 48.9 Å². The van der Waals surface area contributed by atoms with Crippen molar-refractivity contribution in [1.82, 2.24) is 0 Å². The van der Waals surface area contributed by atoms with Crippen LogP contribution >= 0.6 is 23.4 Å². The number of hydrogen-bond acceptors (Lipinski definition) is 5. The molecule has 1 heterocycles. The monoisotopic (exact) mass is 422 g/mol. The maximum atomic E-state index is 13.2. The number of hydrogen-bond donors (Lipinski definition) is 0. The Morgan fingerprint density at radius 3 is 2.33 bits per heavy atom. The molecule has 3 rings (SSSR count). The minimum Gasteiger partial charge on any atom is -0.268 e. The molecule has 0 bridgehead atoms. The van der Waals surface area contributed by atoms with E-state index in [-0.39, 0.29) is 17.7 Å². The number of thioether (sulfide) groups is 1. The van der Waals surface area contributed by atoms with E-state index in [0.29, 0.717) is 27.0 Å². The van der Waals surface area contributed by atoms with Gasteiger partial charge in [0.15, 0.2) is 15.0 Å². The highest BCUT2D eigenvalue weighted by Gasteiger charge is 2.27. The van der Waals surface area contributed by atoms with Crippen LogP contribution in [-0.4, -0.2) is 37.5 Å². The van der Waals surface area contributed by atoms with Crippen LogP contribution in [-0.2, 0) is 15.6 Å². The molecule has 0 radical (unpaired) electrons. The Bertz CT molecular complexity index is 971. The van der Waals surface area contributed by atoms with E-state index < -0.39 is 9.84 Å². The van der Waals surface area contributed by atoms with Crippen molar-refractivity contribution in [2.45, 2.75) is 18.7 Å².